The number of nitrogens with zero attached hydrogens (tertiary/aromatic N) is 1. The average Bonchev–Trinajstić information content (AvgIpc) is 3.20. The minimum absolute atomic E-state index is 0.00485. The molecule has 3 N–H and O–H groups in total. The zero-order chi connectivity index (χ0) is 22.2. The summed E-state index contributed by atoms with van der Waals surface area (Å²) in [7, 11) is -2.02. The third-order valence-electron chi connectivity index (χ3n) is 6.62. The van der Waals surface area contributed by atoms with Gasteiger partial charge in [-0.05, 0) is 61.8 Å². The maximum atomic E-state index is 13.3. The molecule has 10 heteroatoms. The van der Waals surface area contributed by atoms with E-state index in [4.69, 9.17) is 9.88 Å². The summed E-state index contributed by atoms with van der Waals surface area (Å²) in [5.41, 5.74) is 0.0809. The van der Waals surface area contributed by atoms with Gasteiger partial charge in [0, 0.05) is 44.3 Å². The summed E-state index contributed by atoms with van der Waals surface area (Å²) in [6, 6.07) is 2.65. The van der Waals surface area contributed by atoms with E-state index in [1.807, 2.05) is 0 Å². The Labute approximate surface area is 182 Å². The molecule has 2 unspecified atom stereocenters. The molecule has 4 rings (SSSR count). The lowest BCUT2D eigenvalue weighted by Gasteiger charge is -2.32. The lowest BCUT2D eigenvalue weighted by atomic mass is 9.95. The van der Waals surface area contributed by atoms with E-state index in [0.29, 0.717) is 30.1 Å². The van der Waals surface area contributed by atoms with Crippen molar-refractivity contribution in [1.29, 1.82) is 0 Å². The number of rotatable bonds is 4. The molecule has 0 radical (unpaired) electrons. The van der Waals surface area contributed by atoms with Crippen LogP contribution in [0.1, 0.15) is 48.8 Å². The van der Waals surface area contributed by atoms with Crippen LogP contribution in [0.2, 0.25) is 0 Å². The molecule has 3 atom stereocenters. The summed E-state index contributed by atoms with van der Waals surface area (Å²) in [4.78, 5) is 14.8. The van der Waals surface area contributed by atoms with Gasteiger partial charge in [0.2, 0.25) is 5.91 Å². The van der Waals surface area contributed by atoms with Crippen molar-refractivity contribution in [3.8, 4) is 0 Å². The third-order valence-corrected chi connectivity index (χ3v) is 7.42. The topological polar surface area (TPSA) is 84.7 Å². The molecule has 2 aliphatic heterocycles. The minimum Gasteiger partial charge on any atom is -0.381 e. The number of fused-ring (bicyclic) bond motifs is 1. The second kappa shape index (κ2) is 9.17. The van der Waals surface area contributed by atoms with Gasteiger partial charge in [0.1, 0.15) is 11.0 Å². The van der Waals surface area contributed by atoms with E-state index in [2.05, 4.69) is 5.32 Å². The quantitative estimate of drug-likeness (QED) is 0.725. The highest BCUT2D eigenvalue weighted by atomic mass is 32.2. The van der Waals surface area contributed by atoms with Gasteiger partial charge in [-0.1, -0.05) is 0 Å². The lowest BCUT2D eigenvalue weighted by Crippen LogP contribution is -2.42. The maximum absolute atomic E-state index is 13.3. The van der Waals surface area contributed by atoms with Crippen molar-refractivity contribution in [2.45, 2.75) is 68.2 Å². The van der Waals surface area contributed by atoms with Crippen LogP contribution in [0.25, 0.3) is 0 Å². The minimum atomic E-state index is -4.57. The molecule has 172 valence electrons. The molecule has 3 aliphatic rings. The van der Waals surface area contributed by atoms with E-state index in [-0.39, 0.29) is 29.3 Å². The van der Waals surface area contributed by atoms with Gasteiger partial charge in [-0.2, -0.15) is 13.2 Å². The van der Waals surface area contributed by atoms with Crippen LogP contribution < -0.4 is 10.5 Å². The molecule has 0 spiro atoms. The summed E-state index contributed by atoms with van der Waals surface area (Å²) in [5.74, 6) is -0.123. The summed E-state index contributed by atoms with van der Waals surface area (Å²) in [6.45, 7) is 2.01. The predicted molar refractivity (Wildman–Crippen MR) is 109 cm³/mol. The van der Waals surface area contributed by atoms with Crippen LogP contribution in [0.4, 0.5) is 13.2 Å². The summed E-state index contributed by atoms with van der Waals surface area (Å²) in [5, 5.41) is 9.09. The number of carbonyl (C=O) groups is 1. The number of benzene rings is 1. The fourth-order valence-corrected chi connectivity index (χ4v) is 5.72. The van der Waals surface area contributed by atoms with Gasteiger partial charge in [0.05, 0.1) is 10.5 Å². The van der Waals surface area contributed by atoms with Crippen molar-refractivity contribution in [1.82, 2.24) is 10.2 Å². The van der Waals surface area contributed by atoms with Gasteiger partial charge in [0.25, 0.3) is 0 Å². The predicted octanol–water partition coefficient (Wildman–Crippen LogP) is 2.51. The van der Waals surface area contributed by atoms with Crippen molar-refractivity contribution in [3.05, 3.63) is 28.8 Å². The second-order valence-electron chi connectivity index (χ2n) is 8.68. The first-order valence-corrected chi connectivity index (χ1v) is 12.0. The van der Waals surface area contributed by atoms with Crippen LogP contribution in [0.15, 0.2) is 17.0 Å². The Morgan fingerprint density at radius 2 is 1.90 bits per heavy atom. The molecule has 1 aromatic carbocycles. The van der Waals surface area contributed by atoms with Crippen LogP contribution >= 0.6 is 0 Å². The number of hydrogen-bond acceptors (Lipinski definition) is 4. The average molecular weight is 460 g/mol. The fourth-order valence-electron chi connectivity index (χ4n) is 5.00. The van der Waals surface area contributed by atoms with Gasteiger partial charge >= 0.3 is 6.18 Å². The van der Waals surface area contributed by atoms with Crippen LogP contribution in [0.5, 0.6) is 0 Å². The number of nitrogens with two attached hydrogens (primary N) is 1. The molecule has 1 aromatic rings. The molecule has 2 heterocycles. The molecule has 1 saturated carbocycles. The maximum Gasteiger partial charge on any atom is 0.416 e. The molecular weight excluding hydrogens is 431 g/mol. The van der Waals surface area contributed by atoms with Gasteiger partial charge in [-0.25, -0.2) is 9.35 Å². The smallest absolute Gasteiger partial charge is 0.381 e. The van der Waals surface area contributed by atoms with Gasteiger partial charge < -0.3 is 15.0 Å². The molecule has 31 heavy (non-hydrogen) atoms. The summed E-state index contributed by atoms with van der Waals surface area (Å²) in [6.07, 6.45) is 0.198. The lowest BCUT2D eigenvalue weighted by molar-refractivity contribution is -0.137. The normalized spacial score (nSPS) is 26.0. The molecular formula is C21H28F3N3O3S. The Hall–Kier alpha value is -1.49. The largest absolute Gasteiger partial charge is 0.416 e. The summed E-state index contributed by atoms with van der Waals surface area (Å²) >= 11 is 0. The summed E-state index contributed by atoms with van der Waals surface area (Å²) < 4.78 is 57.1. The standard InChI is InChI=1S/C21H28F3N3O3S/c22-21(23,24)15-9-14-12-27(6-3-18(14)19(11-15)31(25)29)20(28)13-1-2-17(10-13)26-16-4-7-30-8-5-16/h9,11,13,16-17,26H,1-8,10,12,25H2/t13?,17-,31?/m1/s1. The van der Waals surface area contributed by atoms with Crippen molar-refractivity contribution >= 4 is 16.9 Å². The SMILES string of the molecule is NS(=O)c1cc(C(F)(F)F)cc2c1CCN(C(=O)C1CC[C@@H](NC3CCOCC3)C1)C2. The Morgan fingerprint density at radius 1 is 1.16 bits per heavy atom. The number of hydrogen-bond donors (Lipinski definition) is 2. The Kier molecular flexibility index (Phi) is 6.71. The molecule has 0 bridgehead atoms. The van der Waals surface area contributed by atoms with E-state index in [0.717, 1.165) is 57.5 Å². The van der Waals surface area contributed by atoms with E-state index < -0.39 is 22.7 Å². The molecule has 1 amide bonds. The first-order chi connectivity index (χ1) is 14.7. The highest BCUT2D eigenvalue weighted by Crippen LogP contribution is 2.36. The van der Waals surface area contributed by atoms with Gasteiger partial charge in [-0.15, -0.1) is 0 Å². The molecule has 1 aliphatic carbocycles. The zero-order valence-corrected chi connectivity index (χ0v) is 18.1. The Morgan fingerprint density at radius 3 is 2.58 bits per heavy atom. The molecule has 1 saturated heterocycles. The van der Waals surface area contributed by atoms with Crippen molar-refractivity contribution in [2.24, 2.45) is 11.1 Å². The Bertz CT molecular complexity index is 858. The number of nitrogens with one attached hydrogen (secondary N) is 1. The van der Waals surface area contributed by atoms with Crippen molar-refractivity contribution in [2.75, 3.05) is 19.8 Å². The van der Waals surface area contributed by atoms with E-state index >= 15 is 0 Å². The number of ether oxygens (including phenoxy) is 1. The van der Waals surface area contributed by atoms with Crippen molar-refractivity contribution in [3.63, 3.8) is 0 Å². The highest BCUT2D eigenvalue weighted by molar-refractivity contribution is 7.82. The van der Waals surface area contributed by atoms with Crippen LogP contribution in [-0.2, 0) is 39.7 Å². The highest BCUT2D eigenvalue weighted by Gasteiger charge is 2.37. The molecule has 0 aromatic heterocycles. The van der Waals surface area contributed by atoms with E-state index in [1.165, 1.54) is 0 Å². The number of alkyl halides is 3. The van der Waals surface area contributed by atoms with Crippen molar-refractivity contribution < 1.29 is 26.9 Å². The molecule has 2 fully saturated rings. The molecule has 6 nitrogen and oxygen atoms in total. The zero-order valence-electron chi connectivity index (χ0n) is 17.2. The first kappa shape index (κ1) is 22.7. The van der Waals surface area contributed by atoms with Crippen LogP contribution in [-0.4, -0.2) is 46.9 Å². The van der Waals surface area contributed by atoms with Crippen LogP contribution in [0, 0.1) is 5.92 Å². The van der Waals surface area contributed by atoms with Crippen LogP contribution in [0.3, 0.4) is 0 Å². The third kappa shape index (κ3) is 5.13. The second-order valence-corrected chi connectivity index (χ2v) is 9.71. The van der Waals surface area contributed by atoms with E-state index in [1.54, 1.807) is 4.90 Å². The fraction of sp³-hybridized carbons (Fsp3) is 0.667. The monoisotopic (exact) mass is 459 g/mol. The number of carbonyl (C=O) groups excluding carboxylic acids is 1. The van der Waals surface area contributed by atoms with Gasteiger partial charge in [0.15, 0.2) is 0 Å². The number of amides is 1. The van der Waals surface area contributed by atoms with Gasteiger partial charge in [-0.3, -0.25) is 4.79 Å². The number of halogens is 3. The first-order valence-electron chi connectivity index (χ1n) is 10.7. The Balaban J connectivity index is 1.44. The van der Waals surface area contributed by atoms with E-state index in [9.17, 15) is 22.2 Å².